The fourth-order valence-corrected chi connectivity index (χ4v) is 3.91. The molecule has 138 valence electrons. The molecule has 0 aromatic carbocycles. The van der Waals surface area contributed by atoms with Gasteiger partial charge in [-0.15, -0.1) is 0 Å². The topological polar surface area (TPSA) is 116 Å². The van der Waals surface area contributed by atoms with E-state index in [2.05, 4.69) is 24.1 Å². The number of carbonyl (C=O) groups is 2. The first-order valence-electron chi connectivity index (χ1n) is 8.92. The molecule has 8 heteroatoms. The van der Waals surface area contributed by atoms with Crippen molar-refractivity contribution in [3.8, 4) is 0 Å². The lowest BCUT2D eigenvalue weighted by molar-refractivity contribution is -0.136. The molecular formula is C16H32BN3O4. The number of nitrogens with zero attached hydrogens (tertiary/aromatic N) is 1. The monoisotopic (exact) mass is 341 g/mol. The van der Waals surface area contributed by atoms with Crippen molar-refractivity contribution in [3.63, 3.8) is 0 Å². The van der Waals surface area contributed by atoms with Gasteiger partial charge in [-0.05, 0) is 44.6 Å². The van der Waals surface area contributed by atoms with Gasteiger partial charge in [0.15, 0.2) is 0 Å². The van der Waals surface area contributed by atoms with Crippen molar-refractivity contribution < 1.29 is 19.6 Å². The molecule has 0 bridgehead atoms. The summed E-state index contributed by atoms with van der Waals surface area (Å²) in [6.07, 6.45) is 3.00. The molecule has 0 aromatic rings. The van der Waals surface area contributed by atoms with Crippen molar-refractivity contribution in [2.45, 2.75) is 58.3 Å². The van der Waals surface area contributed by atoms with E-state index in [1.807, 2.05) is 0 Å². The Hall–Kier alpha value is -1.12. The average Bonchev–Trinajstić information content (AvgIpc) is 2.51. The highest BCUT2D eigenvalue weighted by atomic mass is 16.4. The van der Waals surface area contributed by atoms with Crippen LogP contribution in [0.5, 0.6) is 0 Å². The predicted octanol–water partition coefficient (Wildman–Crippen LogP) is -0.0324. The first-order valence-corrected chi connectivity index (χ1v) is 8.92. The number of primary amides is 1. The molecule has 1 aliphatic carbocycles. The predicted molar refractivity (Wildman–Crippen MR) is 94.0 cm³/mol. The molecule has 0 spiro atoms. The molecule has 0 heterocycles. The number of hydrogen-bond donors (Lipinski definition) is 4. The van der Waals surface area contributed by atoms with Gasteiger partial charge in [-0.3, -0.25) is 9.59 Å². The molecule has 1 aliphatic rings. The molecule has 1 saturated carbocycles. The molecule has 3 atom stereocenters. The Balaban J connectivity index is 3.00. The summed E-state index contributed by atoms with van der Waals surface area (Å²) in [6, 6.07) is 0. The van der Waals surface area contributed by atoms with E-state index in [4.69, 9.17) is 15.8 Å². The van der Waals surface area contributed by atoms with E-state index >= 15 is 0 Å². The van der Waals surface area contributed by atoms with Crippen molar-refractivity contribution in [2.75, 3.05) is 19.6 Å². The van der Waals surface area contributed by atoms with Crippen LogP contribution in [-0.2, 0) is 9.59 Å². The quantitative estimate of drug-likeness (QED) is 0.440. The maximum atomic E-state index is 12.4. The molecule has 0 aromatic heterocycles. The molecule has 5 N–H and O–H groups in total. The first kappa shape index (κ1) is 20.9. The minimum atomic E-state index is -1.35. The maximum absolute atomic E-state index is 12.4. The van der Waals surface area contributed by atoms with Crippen molar-refractivity contribution in [1.82, 2.24) is 10.2 Å². The van der Waals surface area contributed by atoms with E-state index in [-0.39, 0.29) is 24.1 Å². The normalized spacial score (nSPS) is 27.1. The van der Waals surface area contributed by atoms with Crippen LogP contribution in [0.4, 0.5) is 0 Å². The summed E-state index contributed by atoms with van der Waals surface area (Å²) >= 11 is 0. The molecule has 2 amide bonds. The van der Waals surface area contributed by atoms with Crippen LogP contribution < -0.4 is 11.1 Å². The van der Waals surface area contributed by atoms with Crippen LogP contribution in [0.15, 0.2) is 0 Å². The van der Waals surface area contributed by atoms with Gasteiger partial charge in [0, 0.05) is 19.4 Å². The Morgan fingerprint density at radius 1 is 1.29 bits per heavy atom. The van der Waals surface area contributed by atoms with E-state index in [1.54, 1.807) is 0 Å². The van der Waals surface area contributed by atoms with E-state index in [9.17, 15) is 9.59 Å². The van der Waals surface area contributed by atoms with Crippen LogP contribution in [0.25, 0.3) is 0 Å². The summed E-state index contributed by atoms with van der Waals surface area (Å²) in [5.74, 6) is -0.654. The summed E-state index contributed by atoms with van der Waals surface area (Å²) in [5.41, 5.74) is 4.69. The molecular weight excluding hydrogens is 309 g/mol. The van der Waals surface area contributed by atoms with Crippen molar-refractivity contribution >= 4 is 18.9 Å². The van der Waals surface area contributed by atoms with Crippen molar-refractivity contribution in [3.05, 3.63) is 0 Å². The molecule has 1 rings (SSSR count). The summed E-state index contributed by atoms with van der Waals surface area (Å²) in [5, 5.41) is 21.0. The van der Waals surface area contributed by atoms with E-state index in [0.29, 0.717) is 19.4 Å². The largest absolute Gasteiger partial charge is 0.451 e. The van der Waals surface area contributed by atoms with Gasteiger partial charge in [0.25, 0.3) is 0 Å². The second-order valence-corrected chi connectivity index (χ2v) is 6.91. The average molecular weight is 341 g/mol. The van der Waals surface area contributed by atoms with Gasteiger partial charge in [0.1, 0.15) is 5.54 Å². The highest BCUT2D eigenvalue weighted by Gasteiger charge is 2.49. The lowest BCUT2D eigenvalue weighted by Crippen LogP contribution is -2.65. The third-order valence-corrected chi connectivity index (χ3v) is 5.28. The van der Waals surface area contributed by atoms with E-state index in [0.717, 1.165) is 25.9 Å². The zero-order valence-corrected chi connectivity index (χ0v) is 15.1. The van der Waals surface area contributed by atoms with Gasteiger partial charge in [0.2, 0.25) is 11.8 Å². The number of nitrogens with one attached hydrogen (secondary N) is 1. The Morgan fingerprint density at radius 3 is 2.38 bits per heavy atom. The molecule has 0 saturated heterocycles. The second-order valence-electron chi connectivity index (χ2n) is 6.91. The number of hydrogen-bond acceptors (Lipinski definition) is 5. The summed E-state index contributed by atoms with van der Waals surface area (Å²) in [4.78, 5) is 26.3. The first-order chi connectivity index (χ1) is 11.2. The third-order valence-electron chi connectivity index (χ3n) is 5.28. The standard InChI is InChI=1S/C16H32BN3O4/c1-4-20(5-2)11-14-7-6-13(8-9-17(23)24)10-16(14,15(18)22)19-12(3)21/h13-14,23-24H,4-11H2,1-3H3,(H2,18,22)(H,19,21)/t13-,14-,16+/m0/s1. The van der Waals surface area contributed by atoms with Gasteiger partial charge in [-0.1, -0.05) is 20.3 Å². The molecule has 0 unspecified atom stereocenters. The Labute approximate surface area is 145 Å². The fraction of sp³-hybridized carbons (Fsp3) is 0.875. The number of amides is 2. The molecule has 0 aliphatic heterocycles. The molecule has 24 heavy (non-hydrogen) atoms. The summed E-state index contributed by atoms with van der Waals surface area (Å²) < 4.78 is 0. The highest BCUT2D eigenvalue weighted by Crippen LogP contribution is 2.40. The van der Waals surface area contributed by atoms with Crippen LogP contribution in [0.1, 0.15) is 46.5 Å². The van der Waals surface area contributed by atoms with Crippen LogP contribution in [0.2, 0.25) is 6.32 Å². The van der Waals surface area contributed by atoms with Crippen LogP contribution in [0.3, 0.4) is 0 Å². The fourth-order valence-electron chi connectivity index (χ4n) is 3.91. The smallest absolute Gasteiger partial charge is 0.427 e. The molecule has 7 nitrogen and oxygen atoms in total. The van der Waals surface area contributed by atoms with Gasteiger partial charge >= 0.3 is 7.12 Å². The highest BCUT2D eigenvalue weighted by molar-refractivity contribution is 6.40. The van der Waals surface area contributed by atoms with Crippen molar-refractivity contribution in [2.24, 2.45) is 17.6 Å². The van der Waals surface area contributed by atoms with Gasteiger partial charge < -0.3 is 26.0 Å². The van der Waals surface area contributed by atoms with Gasteiger partial charge in [-0.25, -0.2) is 0 Å². The Morgan fingerprint density at radius 2 is 1.92 bits per heavy atom. The second kappa shape index (κ2) is 9.39. The summed E-state index contributed by atoms with van der Waals surface area (Å²) in [7, 11) is -1.35. The van der Waals surface area contributed by atoms with Crippen LogP contribution in [-0.4, -0.2) is 59.1 Å². The number of rotatable bonds is 9. The van der Waals surface area contributed by atoms with Crippen LogP contribution >= 0.6 is 0 Å². The minimum absolute atomic E-state index is 0.0332. The third kappa shape index (κ3) is 5.46. The van der Waals surface area contributed by atoms with Gasteiger partial charge in [0.05, 0.1) is 0 Å². The van der Waals surface area contributed by atoms with Crippen molar-refractivity contribution in [1.29, 1.82) is 0 Å². The zero-order valence-electron chi connectivity index (χ0n) is 15.1. The lowest BCUT2D eigenvalue weighted by atomic mass is 9.65. The maximum Gasteiger partial charge on any atom is 0.451 e. The van der Waals surface area contributed by atoms with E-state index in [1.165, 1.54) is 6.92 Å². The number of nitrogens with two attached hydrogens (primary N) is 1. The summed E-state index contributed by atoms with van der Waals surface area (Å²) in [6.45, 7) is 8.01. The van der Waals surface area contributed by atoms with Crippen LogP contribution in [0, 0.1) is 11.8 Å². The van der Waals surface area contributed by atoms with E-state index < -0.39 is 18.6 Å². The zero-order chi connectivity index (χ0) is 18.3. The Kier molecular flexibility index (Phi) is 8.19. The molecule has 0 radical (unpaired) electrons. The Bertz CT molecular complexity index is 432. The van der Waals surface area contributed by atoms with Gasteiger partial charge in [-0.2, -0.15) is 0 Å². The minimum Gasteiger partial charge on any atom is -0.427 e. The SMILES string of the molecule is CCN(CC)C[C@@H]1CC[C@@H](CCB(O)O)C[C@]1(NC(C)=O)C(N)=O. The lowest BCUT2D eigenvalue weighted by Gasteiger charge is -2.46. The molecule has 1 fully saturated rings. The number of carbonyl (C=O) groups excluding carboxylic acids is 2.